The minimum atomic E-state index is -1.05. The standard InChI is InChI=1S/C18H14ClN3O2S/c1-11-2-8-14(9-3-11)22-17(24)15(16(23)21-18(22)25)10-20-13-6-4-12(19)5-7-13/h2-10,15H,1H3,(H,21,23,25)/t15-/m1/s1. The van der Waals surface area contributed by atoms with Crippen molar-refractivity contribution in [3.63, 3.8) is 0 Å². The van der Waals surface area contributed by atoms with Gasteiger partial charge in [0.15, 0.2) is 11.0 Å². The van der Waals surface area contributed by atoms with E-state index in [0.29, 0.717) is 16.4 Å². The van der Waals surface area contributed by atoms with Crippen LogP contribution in [0.3, 0.4) is 0 Å². The smallest absolute Gasteiger partial charge is 0.251 e. The van der Waals surface area contributed by atoms with E-state index in [1.54, 1.807) is 36.4 Å². The van der Waals surface area contributed by atoms with Crippen molar-refractivity contribution in [3.8, 4) is 0 Å². The SMILES string of the molecule is Cc1ccc(N2C(=O)[C@H](C=Nc3ccc(Cl)cc3)C(=O)NC2=S)cc1. The molecule has 1 aliphatic rings. The molecule has 2 aromatic rings. The van der Waals surface area contributed by atoms with Gasteiger partial charge in [-0.05, 0) is 55.5 Å². The summed E-state index contributed by atoms with van der Waals surface area (Å²) in [5.41, 5.74) is 2.26. The number of amides is 2. The van der Waals surface area contributed by atoms with Gasteiger partial charge in [0.2, 0.25) is 5.91 Å². The van der Waals surface area contributed by atoms with E-state index in [1.165, 1.54) is 11.1 Å². The largest absolute Gasteiger partial charge is 0.301 e. The minimum Gasteiger partial charge on any atom is -0.301 e. The summed E-state index contributed by atoms with van der Waals surface area (Å²) in [5, 5.41) is 3.20. The molecule has 126 valence electrons. The topological polar surface area (TPSA) is 61.8 Å². The molecule has 0 radical (unpaired) electrons. The lowest BCUT2D eigenvalue weighted by molar-refractivity contribution is -0.130. The molecule has 1 atom stereocenters. The van der Waals surface area contributed by atoms with Crippen molar-refractivity contribution in [1.29, 1.82) is 0 Å². The first-order valence-corrected chi connectivity index (χ1v) is 8.29. The van der Waals surface area contributed by atoms with Gasteiger partial charge in [-0.2, -0.15) is 0 Å². The Morgan fingerprint density at radius 1 is 1.12 bits per heavy atom. The fourth-order valence-corrected chi connectivity index (χ4v) is 2.77. The zero-order valence-electron chi connectivity index (χ0n) is 13.3. The molecule has 2 amide bonds. The van der Waals surface area contributed by atoms with Crippen LogP contribution in [0.15, 0.2) is 53.5 Å². The molecule has 25 heavy (non-hydrogen) atoms. The van der Waals surface area contributed by atoms with Crippen molar-refractivity contribution >= 4 is 58.3 Å². The van der Waals surface area contributed by atoms with Gasteiger partial charge in [0, 0.05) is 11.2 Å². The number of hydrogen-bond acceptors (Lipinski definition) is 4. The van der Waals surface area contributed by atoms with Gasteiger partial charge in [-0.25, -0.2) is 0 Å². The van der Waals surface area contributed by atoms with Crippen molar-refractivity contribution in [1.82, 2.24) is 5.32 Å². The summed E-state index contributed by atoms with van der Waals surface area (Å²) in [6.07, 6.45) is 1.32. The lowest BCUT2D eigenvalue weighted by Gasteiger charge is -2.30. The number of aliphatic imine (C=N–C) groups is 1. The fourth-order valence-electron chi connectivity index (χ4n) is 2.35. The summed E-state index contributed by atoms with van der Waals surface area (Å²) in [7, 11) is 0. The molecule has 1 fully saturated rings. The third-order valence-corrected chi connectivity index (χ3v) is 4.23. The maximum Gasteiger partial charge on any atom is 0.251 e. The number of anilines is 1. The molecule has 3 rings (SSSR count). The first kappa shape index (κ1) is 17.3. The minimum absolute atomic E-state index is 0.0648. The van der Waals surface area contributed by atoms with Crippen LogP contribution in [-0.4, -0.2) is 23.1 Å². The second-order valence-corrected chi connectivity index (χ2v) is 6.36. The third kappa shape index (κ3) is 3.75. The molecule has 1 N–H and O–H groups in total. The Bertz CT molecular complexity index is 863. The van der Waals surface area contributed by atoms with Crippen LogP contribution in [-0.2, 0) is 9.59 Å². The average Bonchev–Trinajstić information content (AvgIpc) is 2.57. The van der Waals surface area contributed by atoms with Crippen LogP contribution in [0.4, 0.5) is 11.4 Å². The molecule has 0 aromatic heterocycles. The molecular formula is C18H14ClN3O2S. The van der Waals surface area contributed by atoms with Gasteiger partial charge in [-0.1, -0.05) is 29.3 Å². The first-order chi connectivity index (χ1) is 12.0. The number of hydrogen-bond donors (Lipinski definition) is 1. The van der Waals surface area contributed by atoms with E-state index in [2.05, 4.69) is 10.3 Å². The quantitative estimate of drug-likeness (QED) is 0.511. The Morgan fingerprint density at radius 2 is 1.76 bits per heavy atom. The summed E-state index contributed by atoms with van der Waals surface area (Å²) < 4.78 is 0. The van der Waals surface area contributed by atoms with E-state index >= 15 is 0 Å². The van der Waals surface area contributed by atoms with Gasteiger partial charge in [0.1, 0.15) is 0 Å². The predicted molar refractivity (Wildman–Crippen MR) is 102 cm³/mol. The van der Waals surface area contributed by atoms with Crippen molar-refractivity contribution in [3.05, 3.63) is 59.1 Å². The Balaban J connectivity index is 1.87. The van der Waals surface area contributed by atoms with Gasteiger partial charge in [0.05, 0.1) is 11.4 Å². The second-order valence-electron chi connectivity index (χ2n) is 5.54. The lowest BCUT2D eigenvalue weighted by atomic mass is 10.1. The van der Waals surface area contributed by atoms with E-state index < -0.39 is 17.7 Å². The number of thiocarbonyl (C=S) groups is 1. The van der Waals surface area contributed by atoms with Crippen molar-refractivity contribution < 1.29 is 9.59 Å². The van der Waals surface area contributed by atoms with E-state index in [0.717, 1.165) is 5.56 Å². The molecule has 7 heteroatoms. The Kier molecular flexibility index (Phi) is 4.92. The molecule has 2 aromatic carbocycles. The molecule has 0 aliphatic carbocycles. The van der Waals surface area contributed by atoms with Crippen molar-refractivity contribution in [2.75, 3.05) is 4.90 Å². The van der Waals surface area contributed by atoms with E-state index in [9.17, 15) is 9.59 Å². The highest BCUT2D eigenvalue weighted by Gasteiger charge is 2.38. The molecule has 0 saturated carbocycles. The van der Waals surface area contributed by atoms with Gasteiger partial charge >= 0.3 is 0 Å². The Labute approximate surface area is 155 Å². The number of nitrogens with one attached hydrogen (secondary N) is 1. The van der Waals surface area contributed by atoms with Crippen LogP contribution < -0.4 is 10.2 Å². The summed E-state index contributed by atoms with van der Waals surface area (Å²) >= 11 is 11.0. The van der Waals surface area contributed by atoms with Gasteiger partial charge < -0.3 is 5.32 Å². The van der Waals surface area contributed by atoms with Crippen LogP contribution in [0, 0.1) is 12.8 Å². The van der Waals surface area contributed by atoms with Crippen LogP contribution in [0.5, 0.6) is 0 Å². The summed E-state index contributed by atoms with van der Waals surface area (Å²) in [5.74, 6) is -1.98. The number of carbonyl (C=O) groups excluding carboxylic acids is 2. The van der Waals surface area contributed by atoms with Crippen LogP contribution in [0.1, 0.15) is 5.56 Å². The summed E-state index contributed by atoms with van der Waals surface area (Å²) in [6, 6.07) is 14.1. The van der Waals surface area contributed by atoms with Crippen LogP contribution in [0.2, 0.25) is 5.02 Å². The highest BCUT2D eigenvalue weighted by molar-refractivity contribution is 7.80. The zero-order chi connectivity index (χ0) is 18.0. The Hall–Kier alpha value is -2.57. The monoisotopic (exact) mass is 371 g/mol. The molecule has 1 saturated heterocycles. The maximum absolute atomic E-state index is 12.8. The predicted octanol–water partition coefficient (Wildman–Crippen LogP) is 3.41. The highest BCUT2D eigenvalue weighted by Crippen LogP contribution is 2.22. The zero-order valence-corrected chi connectivity index (χ0v) is 14.8. The molecule has 1 aliphatic heterocycles. The highest BCUT2D eigenvalue weighted by atomic mass is 35.5. The average molecular weight is 372 g/mol. The molecule has 0 unspecified atom stereocenters. The molecule has 5 nitrogen and oxygen atoms in total. The number of nitrogens with zero attached hydrogens (tertiary/aromatic N) is 2. The molecular weight excluding hydrogens is 358 g/mol. The number of aryl methyl sites for hydroxylation is 1. The number of carbonyl (C=O) groups is 2. The van der Waals surface area contributed by atoms with Crippen molar-refractivity contribution in [2.24, 2.45) is 10.9 Å². The van der Waals surface area contributed by atoms with Crippen molar-refractivity contribution in [2.45, 2.75) is 6.92 Å². The van der Waals surface area contributed by atoms with Crippen LogP contribution in [0.25, 0.3) is 0 Å². The fraction of sp³-hybridized carbons (Fsp3) is 0.111. The Morgan fingerprint density at radius 3 is 2.40 bits per heavy atom. The molecule has 1 heterocycles. The van der Waals surface area contributed by atoms with Crippen LogP contribution >= 0.6 is 23.8 Å². The summed E-state index contributed by atoms with van der Waals surface area (Å²) in [4.78, 5) is 30.5. The van der Waals surface area contributed by atoms with E-state index in [-0.39, 0.29) is 5.11 Å². The second kappa shape index (κ2) is 7.13. The third-order valence-electron chi connectivity index (χ3n) is 3.69. The van der Waals surface area contributed by atoms with Gasteiger partial charge in [0.25, 0.3) is 5.91 Å². The first-order valence-electron chi connectivity index (χ1n) is 7.51. The maximum atomic E-state index is 12.8. The van der Waals surface area contributed by atoms with Gasteiger partial charge in [-0.3, -0.25) is 19.5 Å². The molecule has 0 spiro atoms. The number of benzene rings is 2. The molecule has 0 bridgehead atoms. The number of halogens is 1. The van der Waals surface area contributed by atoms with Gasteiger partial charge in [-0.15, -0.1) is 0 Å². The number of rotatable bonds is 3. The van der Waals surface area contributed by atoms with E-state index in [4.69, 9.17) is 23.8 Å². The van der Waals surface area contributed by atoms with E-state index in [1.807, 2.05) is 19.1 Å². The lowest BCUT2D eigenvalue weighted by Crippen LogP contribution is -2.58. The summed E-state index contributed by atoms with van der Waals surface area (Å²) in [6.45, 7) is 1.95. The normalized spacial score (nSPS) is 17.9.